The van der Waals surface area contributed by atoms with Gasteiger partial charge in [0, 0.05) is 17.8 Å². The molecule has 0 bridgehead atoms. The molecular weight excluding hydrogens is 409 g/mol. The zero-order chi connectivity index (χ0) is 22.6. The number of ether oxygens (including phenoxy) is 2. The molecule has 0 unspecified atom stereocenters. The number of hydrogen-bond donors (Lipinski definition) is 1. The number of carbonyl (C=O) groups is 1. The van der Waals surface area contributed by atoms with Crippen LogP contribution < -0.4 is 14.8 Å². The van der Waals surface area contributed by atoms with E-state index in [9.17, 15) is 18.0 Å². The highest BCUT2D eigenvalue weighted by molar-refractivity contribution is 5.92. The standard InChI is InChI=1S/C23H27F3N2O3/c1-15-6-4-9-19(16-10-11-20(30-2)21(12-16)31-3)28(15)14-22(29)27-18-8-5-7-17(13-18)23(24,25)26/h5,7-8,10-13,15,19H,4,6,9,14H2,1-3H3,(H,27,29)/t15-,19-/m0/s1. The van der Waals surface area contributed by atoms with Gasteiger partial charge in [0.25, 0.3) is 0 Å². The Morgan fingerprint density at radius 3 is 2.52 bits per heavy atom. The number of hydrogen-bond acceptors (Lipinski definition) is 4. The summed E-state index contributed by atoms with van der Waals surface area (Å²) in [6.45, 7) is 2.14. The molecule has 2 atom stereocenters. The quantitative estimate of drug-likeness (QED) is 0.670. The van der Waals surface area contributed by atoms with Gasteiger partial charge in [-0.05, 0) is 55.7 Å². The van der Waals surface area contributed by atoms with Gasteiger partial charge in [0.05, 0.1) is 26.3 Å². The normalized spacial score (nSPS) is 19.7. The van der Waals surface area contributed by atoms with Gasteiger partial charge in [0.1, 0.15) is 0 Å². The molecule has 0 radical (unpaired) electrons. The summed E-state index contributed by atoms with van der Waals surface area (Å²) in [6.07, 6.45) is -1.62. The van der Waals surface area contributed by atoms with Gasteiger partial charge in [0.2, 0.25) is 5.91 Å². The highest BCUT2D eigenvalue weighted by Crippen LogP contribution is 2.38. The second-order valence-electron chi connectivity index (χ2n) is 7.71. The summed E-state index contributed by atoms with van der Waals surface area (Å²) in [5.41, 5.74) is 0.350. The third kappa shape index (κ3) is 5.50. The Balaban J connectivity index is 1.77. The fourth-order valence-electron chi connectivity index (χ4n) is 4.07. The first-order valence-electron chi connectivity index (χ1n) is 10.2. The van der Waals surface area contributed by atoms with Crippen molar-refractivity contribution >= 4 is 11.6 Å². The van der Waals surface area contributed by atoms with E-state index < -0.39 is 11.7 Å². The van der Waals surface area contributed by atoms with Crippen molar-refractivity contribution in [1.29, 1.82) is 0 Å². The lowest BCUT2D eigenvalue weighted by Gasteiger charge is -2.40. The highest BCUT2D eigenvalue weighted by atomic mass is 19.4. The topological polar surface area (TPSA) is 50.8 Å². The van der Waals surface area contributed by atoms with Crippen LogP contribution in [0.4, 0.5) is 18.9 Å². The second-order valence-corrected chi connectivity index (χ2v) is 7.71. The van der Waals surface area contributed by atoms with E-state index in [0.29, 0.717) is 11.5 Å². The van der Waals surface area contributed by atoms with E-state index in [1.807, 2.05) is 18.2 Å². The summed E-state index contributed by atoms with van der Waals surface area (Å²) in [5.74, 6) is 0.897. The number of halogens is 3. The lowest BCUT2D eigenvalue weighted by atomic mass is 9.91. The molecule has 0 spiro atoms. The van der Waals surface area contributed by atoms with Gasteiger partial charge in [0.15, 0.2) is 11.5 Å². The number of benzene rings is 2. The summed E-state index contributed by atoms with van der Waals surface area (Å²) >= 11 is 0. The number of alkyl halides is 3. The van der Waals surface area contributed by atoms with Crippen molar-refractivity contribution in [1.82, 2.24) is 4.90 Å². The molecule has 5 nitrogen and oxygen atoms in total. The summed E-state index contributed by atoms with van der Waals surface area (Å²) in [5, 5.41) is 2.61. The Morgan fingerprint density at radius 1 is 1.10 bits per heavy atom. The molecule has 2 aromatic rings. The number of likely N-dealkylation sites (tertiary alicyclic amines) is 1. The molecule has 1 amide bonds. The first-order chi connectivity index (χ1) is 14.7. The van der Waals surface area contributed by atoms with Crippen LogP contribution in [0.2, 0.25) is 0 Å². The van der Waals surface area contributed by atoms with Crippen molar-refractivity contribution in [3.63, 3.8) is 0 Å². The number of nitrogens with one attached hydrogen (secondary N) is 1. The number of amides is 1. The molecule has 0 aromatic heterocycles. The van der Waals surface area contributed by atoms with E-state index in [2.05, 4.69) is 17.1 Å². The van der Waals surface area contributed by atoms with Crippen LogP contribution in [0.15, 0.2) is 42.5 Å². The van der Waals surface area contributed by atoms with E-state index >= 15 is 0 Å². The Kier molecular flexibility index (Phi) is 7.10. The number of rotatable bonds is 6. The molecule has 8 heteroatoms. The van der Waals surface area contributed by atoms with Gasteiger partial charge >= 0.3 is 6.18 Å². The molecule has 0 aliphatic carbocycles. The van der Waals surface area contributed by atoms with Crippen LogP contribution in [0.3, 0.4) is 0 Å². The largest absolute Gasteiger partial charge is 0.493 e. The molecule has 1 aliphatic heterocycles. The summed E-state index contributed by atoms with van der Waals surface area (Å²) < 4.78 is 49.6. The molecule has 168 valence electrons. The second kappa shape index (κ2) is 9.60. The average molecular weight is 436 g/mol. The molecule has 1 saturated heterocycles. The fourth-order valence-corrected chi connectivity index (χ4v) is 4.07. The third-order valence-corrected chi connectivity index (χ3v) is 5.66. The Hall–Kier alpha value is -2.74. The SMILES string of the molecule is COc1ccc([C@@H]2CCC[C@H](C)N2CC(=O)Nc2cccc(C(F)(F)F)c2)cc1OC. The summed E-state index contributed by atoms with van der Waals surface area (Å²) in [7, 11) is 3.15. The predicted molar refractivity (Wildman–Crippen MR) is 112 cm³/mol. The smallest absolute Gasteiger partial charge is 0.416 e. The monoisotopic (exact) mass is 436 g/mol. The Labute approximate surface area is 180 Å². The molecule has 1 aliphatic rings. The fraction of sp³-hybridized carbons (Fsp3) is 0.435. The van der Waals surface area contributed by atoms with Crippen LogP contribution in [0.25, 0.3) is 0 Å². The number of carbonyl (C=O) groups excluding carboxylic acids is 1. The molecule has 1 heterocycles. The summed E-state index contributed by atoms with van der Waals surface area (Å²) in [6, 6.07) is 10.5. The van der Waals surface area contributed by atoms with Gasteiger partial charge in [-0.1, -0.05) is 18.6 Å². The van der Waals surface area contributed by atoms with Gasteiger partial charge in [-0.3, -0.25) is 9.69 Å². The van der Waals surface area contributed by atoms with E-state index in [1.165, 1.54) is 12.1 Å². The first-order valence-corrected chi connectivity index (χ1v) is 10.2. The van der Waals surface area contributed by atoms with E-state index in [1.54, 1.807) is 14.2 Å². The zero-order valence-corrected chi connectivity index (χ0v) is 17.8. The number of nitrogens with zero attached hydrogens (tertiary/aromatic N) is 1. The molecule has 31 heavy (non-hydrogen) atoms. The van der Waals surface area contributed by atoms with E-state index in [4.69, 9.17) is 9.47 Å². The van der Waals surface area contributed by atoms with E-state index in [-0.39, 0.29) is 30.2 Å². The maximum Gasteiger partial charge on any atom is 0.416 e. The lowest BCUT2D eigenvalue weighted by molar-refractivity contribution is -0.137. The van der Waals surface area contributed by atoms with Crippen molar-refractivity contribution in [2.75, 3.05) is 26.1 Å². The van der Waals surface area contributed by atoms with E-state index in [0.717, 1.165) is 37.0 Å². The summed E-state index contributed by atoms with van der Waals surface area (Å²) in [4.78, 5) is 14.8. The molecule has 0 saturated carbocycles. The minimum atomic E-state index is -4.46. The highest BCUT2D eigenvalue weighted by Gasteiger charge is 2.32. The predicted octanol–water partition coefficient (Wildman–Crippen LogP) is 5.28. The Bertz CT molecular complexity index is 917. The molecule has 2 aromatic carbocycles. The van der Waals surface area contributed by atoms with Crippen molar-refractivity contribution < 1.29 is 27.4 Å². The van der Waals surface area contributed by atoms with Gasteiger partial charge in [-0.2, -0.15) is 13.2 Å². The van der Waals surface area contributed by atoms with Crippen molar-refractivity contribution in [2.24, 2.45) is 0 Å². The minimum Gasteiger partial charge on any atom is -0.493 e. The maximum atomic E-state index is 12.9. The number of anilines is 1. The van der Waals surface area contributed by atoms with Crippen molar-refractivity contribution in [3.05, 3.63) is 53.6 Å². The van der Waals surface area contributed by atoms with Crippen LogP contribution in [0.5, 0.6) is 11.5 Å². The van der Waals surface area contributed by atoms with Gasteiger partial charge < -0.3 is 14.8 Å². The van der Waals surface area contributed by atoms with Crippen LogP contribution in [-0.4, -0.2) is 37.6 Å². The number of piperidine rings is 1. The van der Waals surface area contributed by atoms with Gasteiger partial charge in [-0.15, -0.1) is 0 Å². The van der Waals surface area contributed by atoms with Crippen LogP contribution in [0.1, 0.15) is 43.4 Å². The van der Waals surface area contributed by atoms with Crippen molar-refractivity contribution in [3.8, 4) is 11.5 Å². The average Bonchev–Trinajstić information content (AvgIpc) is 2.74. The van der Waals surface area contributed by atoms with Crippen LogP contribution in [0, 0.1) is 0 Å². The lowest BCUT2D eigenvalue weighted by Crippen LogP contribution is -2.44. The molecule has 1 N–H and O–H groups in total. The van der Waals surface area contributed by atoms with Crippen molar-refractivity contribution in [2.45, 2.75) is 44.4 Å². The third-order valence-electron chi connectivity index (χ3n) is 5.66. The van der Waals surface area contributed by atoms with Crippen LogP contribution in [-0.2, 0) is 11.0 Å². The molecular formula is C23H27F3N2O3. The van der Waals surface area contributed by atoms with Gasteiger partial charge in [-0.25, -0.2) is 0 Å². The van der Waals surface area contributed by atoms with Crippen LogP contribution >= 0.6 is 0 Å². The zero-order valence-electron chi connectivity index (χ0n) is 17.8. The maximum absolute atomic E-state index is 12.9. The molecule has 3 rings (SSSR count). The number of methoxy groups -OCH3 is 2. The Morgan fingerprint density at radius 2 is 1.84 bits per heavy atom. The first kappa shape index (κ1) is 22.9. The molecule has 1 fully saturated rings. The minimum absolute atomic E-state index is 0.00387.